The Hall–Kier alpha value is 0.897. The first-order valence-corrected chi connectivity index (χ1v) is 10.9. The summed E-state index contributed by atoms with van der Waals surface area (Å²) in [5.74, 6) is -5.26. The number of carbonyl (C=O) groups is 4. The van der Waals surface area contributed by atoms with Crippen LogP contribution in [0.1, 0.15) is 10.7 Å². The molecule has 0 spiro atoms. The molecule has 0 aromatic heterocycles. The van der Waals surface area contributed by atoms with Gasteiger partial charge < -0.3 is 47.3 Å². The summed E-state index contributed by atoms with van der Waals surface area (Å²) in [4.78, 5) is 45.8. The fraction of sp³-hybridized carbons (Fsp3) is 0.750. The van der Waals surface area contributed by atoms with Crippen LogP contribution in [-0.4, -0.2) is 125 Å². The molecule has 0 heterocycles. The zero-order valence-corrected chi connectivity index (χ0v) is 27.4. The molecule has 1 unspecified atom stereocenters. The van der Waals surface area contributed by atoms with E-state index in [0.717, 1.165) is 4.90 Å². The molecule has 0 aromatic carbocycles. The van der Waals surface area contributed by atoms with Crippen LogP contribution in [0.5, 0.6) is 0 Å². The molecule has 0 aliphatic carbocycles. The van der Waals surface area contributed by atoms with Crippen molar-refractivity contribution >= 4 is 32.7 Å². The first kappa shape index (κ1) is 41.0. The Morgan fingerprint density at radius 1 is 0.848 bits per heavy atom. The Balaban J connectivity index is -0.000000280. The molecule has 1 atom stereocenters. The first-order valence-electron chi connectivity index (χ1n) is 9.01. The number of hydrogen-bond donors (Lipinski definition) is 3. The van der Waals surface area contributed by atoms with Crippen molar-refractivity contribution in [2.24, 2.45) is 0 Å². The standard InChI is InChI=1S/C16H30N2O11Si.3Na.3H/c1-27-30(28-2,29-3)8-4-6-18(11-15(23)24,12-16(25)26)7-5-17(9-13(19)20)10-14(21)22;;;;;;/h4-12H2,1-3H3,(H3-,19,20,21,22,23,24,25,26);;;;;;/q;3*+1;3*-1. The van der Waals surface area contributed by atoms with Crippen molar-refractivity contribution in [3.8, 4) is 0 Å². The van der Waals surface area contributed by atoms with Crippen LogP contribution in [0.3, 0.4) is 0 Å². The van der Waals surface area contributed by atoms with Crippen molar-refractivity contribution in [1.82, 2.24) is 4.90 Å². The van der Waals surface area contributed by atoms with E-state index in [1.807, 2.05) is 0 Å². The average molecular weight is 526 g/mol. The van der Waals surface area contributed by atoms with Crippen molar-refractivity contribution in [2.45, 2.75) is 12.5 Å². The molecule has 0 radical (unpaired) electrons. The van der Waals surface area contributed by atoms with Gasteiger partial charge in [-0.05, 0) is 0 Å². The second-order valence-electron chi connectivity index (χ2n) is 6.77. The van der Waals surface area contributed by atoms with Gasteiger partial charge in [-0.15, -0.1) is 0 Å². The van der Waals surface area contributed by atoms with E-state index in [1.54, 1.807) is 0 Å². The van der Waals surface area contributed by atoms with E-state index >= 15 is 0 Å². The van der Waals surface area contributed by atoms with Gasteiger partial charge in [-0.3, -0.25) is 14.5 Å². The SMILES string of the molecule is CO[Si](CCC[N+](CCN(CC(=O)O)CC(=O)O)(CC(=O)[O-])CC(=O)O)(OC)OC.[H-].[H-].[H-].[Na+].[Na+].[Na+]. The molecule has 13 nitrogen and oxygen atoms in total. The third kappa shape index (κ3) is 17.9. The molecule has 0 aromatic rings. The summed E-state index contributed by atoms with van der Waals surface area (Å²) >= 11 is 0. The Kier molecular flexibility index (Phi) is 26.2. The molecule has 0 aliphatic rings. The van der Waals surface area contributed by atoms with Crippen LogP contribution in [0.15, 0.2) is 0 Å². The number of hydrogen-bond acceptors (Lipinski definition) is 9. The smallest absolute Gasteiger partial charge is 1.00 e. The number of quaternary nitrogens is 1. The summed E-state index contributed by atoms with van der Waals surface area (Å²) in [6.45, 7) is -2.55. The molecule has 0 aliphatic heterocycles. The Bertz CT molecular complexity index is 587. The second kappa shape index (κ2) is 21.0. The molecule has 0 rings (SSSR count). The summed E-state index contributed by atoms with van der Waals surface area (Å²) in [5, 5.41) is 38.6. The zero-order chi connectivity index (χ0) is 23.4. The van der Waals surface area contributed by atoms with Crippen LogP contribution in [0.4, 0.5) is 0 Å². The van der Waals surface area contributed by atoms with Gasteiger partial charge in [0, 0.05) is 40.3 Å². The average Bonchev–Trinajstić information content (AvgIpc) is 2.62. The van der Waals surface area contributed by atoms with Crippen molar-refractivity contribution in [1.29, 1.82) is 0 Å². The molecular formula is C16H33N2Na3O11Si. The maximum atomic E-state index is 11.4. The van der Waals surface area contributed by atoms with Gasteiger partial charge in [0.2, 0.25) is 0 Å². The van der Waals surface area contributed by atoms with Gasteiger partial charge in [0.25, 0.3) is 0 Å². The van der Waals surface area contributed by atoms with E-state index in [9.17, 15) is 29.4 Å². The molecule has 0 saturated carbocycles. The monoisotopic (exact) mass is 526 g/mol. The number of carbonyl (C=O) groups excluding carboxylic acids is 1. The third-order valence-corrected chi connectivity index (χ3v) is 7.42. The molecule has 0 fully saturated rings. The van der Waals surface area contributed by atoms with Crippen LogP contribution in [-0.2, 0) is 32.5 Å². The normalized spacial score (nSPS) is 12.5. The van der Waals surface area contributed by atoms with Crippen LogP contribution in [0.2, 0.25) is 6.04 Å². The van der Waals surface area contributed by atoms with Crippen molar-refractivity contribution in [3.63, 3.8) is 0 Å². The van der Waals surface area contributed by atoms with Gasteiger partial charge in [0.05, 0.1) is 32.1 Å². The number of aliphatic carboxylic acids is 4. The molecule has 33 heavy (non-hydrogen) atoms. The van der Waals surface area contributed by atoms with Gasteiger partial charge in [-0.25, -0.2) is 4.79 Å². The minimum Gasteiger partial charge on any atom is -1.00 e. The van der Waals surface area contributed by atoms with E-state index in [4.69, 9.17) is 23.5 Å². The predicted molar refractivity (Wildman–Crippen MR) is 104 cm³/mol. The minimum absolute atomic E-state index is 0. The maximum absolute atomic E-state index is 11.4. The maximum Gasteiger partial charge on any atom is 1.00 e. The van der Waals surface area contributed by atoms with Crippen LogP contribution in [0.25, 0.3) is 0 Å². The van der Waals surface area contributed by atoms with Gasteiger partial charge in [0.1, 0.15) is 6.54 Å². The van der Waals surface area contributed by atoms with Gasteiger partial charge >= 0.3 is 115 Å². The number of carboxylic acids is 4. The Morgan fingerprint density at radius 2 is 1.30 bits per heavy atom. The van der Waals surface area contributed by atoms with E-state index < -0.39 is 63.3 Å². The van der Waals surface area contributed by atoms with Gasteiger partial charge in [-0.1, -0.05) is 0 Å². The second-order valence-corrected chi connectivity index (χ2v) is 9.86. The fourth-order valence-corrected chi connectivity index (χ4v) is 4.89. The molecule has 0 saturated heterocycles. The zero-order valence-electron chi connectivity index (χ0n) is 23.4. The van der Waals surface area contributed by atoms with Crippen LogP contribution >= 0.6 is 0 Å². The molecule has 0 bridgehead atoms. The van der Waals surface area contributed by atoms with Crippen molar-refractivity contribution in [3.05, 3.63) is 0 Å². The van der Waals surface area contributed by atoms with Crippen LogP contribution in [0, 0.1) is 0 Å². The van der Waals surface area contributed by atoms with E-state index in [0.29, 0.717) is 6.42 Å². The van der Waals surface area contributed by atoms with Crippen molar-refractivity contribution < 1.29 is 150 Å². The Morgan fingerprint density at radius 3 is 1.64 bits per heavy atom. The summed E-state index contributed by atoms with van der Waals surface area (Å²) in [5.41, 5.74) is 0. The van der Waals surface area contributed by atoms with Gasteiger partial charge in [-0.2, -0.15) is 0 Å². The predicted octanol–water partition coefficient (Wildman–Crippen LogP) is -11.3. The van der Waals surface area contributed by atoms with E-state index in [2.05, 4.69) is 0 Å². The van der Waals surface area contributed by atoms with Crippen LogP contribution < -0.4 is 93.8 Å². The quantitative estimate of drug-likeness (QED) is 0.113. The summed E-state index contributed by atoms with van der Waals surface area (Å²) in [6.07, 6.45) is 0.292. The summed E-state index contributed by atoms with van der Waals surface area (Å²) < 4.78 is 15.4. The molecule has 17 heteroatoms. The molecular weight excluding hydrogens is 493 g/mol. The topological polar surface area (TPSA) is 183 Å². The Labute approximate surface area is 265 Å². The number of rotatable bonds is 18. The van der Waals surface area contributed by atoms with E-state index in [-0.39, 0.29) is 119 Å². The van der Waals surface area contributed by atoms with Gasteiger partial charge in [0.15, 0.2) is 6.54 Å². The molecule has 180 valence electrons. The molecule has 0 amide bonds. The largest absolute Gasteiger partial charge is 1.00 e. The third-order valence-electron chi connectivity index (χ3n) is 4.59. The number of nitrogens with zero attached hydrogens (tertiary/aromatic N) is 2. The molecule has 3 N–H and O–H groups in total. The summed E-state index contributed by atoms with van der Waals surface area (Å²) in [6, 6.07) is 0.289. The van der Waals surface area contributed by atoms with Crippen molar-refractivity contribution in [2.75, 3.05) is 67.1 Å². The van der Waals surface area contributed by atoms with E-state index in [1.165, 1.54) is 21.3 Å². The summed E-state index contributed by atoms with van der Waals surface area (Å²) in [7, 11) is 1.26. The first-order chi connectivity index (χ1) is 13.9. The fourth-order valence-electron chi connectivity index (χ4n) is 3.18. The minimum atomic E-state index is -2.97. The number of carboxylic acid groups (broad SMARTS) is 4.